The molecule has 0 saturated heterocycles. The van der Waals surface area contributed by atoms with Crippen molar-refractivity contribution in [2.45, 2.75) is 13.3 Å². The number of halogens is 1. The van der Waals surface area contributed by atoms with Crippen LogP contribution >= 0.6 is 15.9 Å². The highest BCUT2D eigenvalue weighted by atomic mass is 79.9. The first-order valence-corrected chi connectivity index (χ1v) is 6.71. The number of hydrogen-bond donors (Lipinski definition) is 2. The second-order valence-corrected chi connectivity index (χ2v) is 5.49. The van der Waals surface area contributed by atoms with Crippen LogP contribution in [0.3, 0.4) is 0 Å². The lowest BCUT2D eigenvalue weighted by Crippen LogP contribution is -2.23. The minimum absolute atomic E-state index is 1.01. The molecule has 3 rings (SSSR count). The Labute approximate surface area is 109 Å². The van der Waals surface area contributed by atoms with Crippen LogP contribution in [0, 0.1) is 0 Å². The Hall–Kier alpha value is -1.06. The molecule has 0 saturated carbocycles. The number of H-pyrrole nitrogens is 1. The van der Waals surface area contributed by atoms with Gasteiger partial charge in [0.25, 0.3) is 0 Å². The van der Waals surface area contributed by atoms with E-state index in [9.17, 15) is 0 Å². The summed E-state index contributed by atoms with van der Waals surface area (Å²) < 4.78 is 1.14. The summed E-state index contributed by atoms with van der Waals surface area (Å²) >= 11 is 3.55. The van der Waals surface area contributed by atoms with Crippen molar-refractivity contribution in [3.05, 3.63) is 40.0 Å². The van der Waals surface area contributed by atoms with Crippen molar-refractivity contribution in [3.63, 3.8) is 0 Å². The van der Waals surface area contributed by atoms with Gasteiger partial charge in [0.2, 0.25) is 0 Å². The van der Waals surface area contributed by atoms with Crippen LogP contribution in [0.1, 0.15) is 18.9 Å². The number of aromatic amines is 1. The lowest BCUT2D eigenvalue weighted by atomic mass is 9.95. The monoisotopic (exact) mass is 290 g/mol. The molecular weight excluding hydrogens is 276 g/mol. The lowest BCUT2D eigenvalue weighted by molar-refractivity contribution is 0.714. The normalized spacial score (nSPS) is 16.8. The van der Waals surface area contributed by atoms with Gasteiger partial charge in [0.15, 0.2) is 0 Å². The maximum absolute atomic E-state index is 3.55. The van der Waals surface area contributed by atoms with Crippen LogP contribution in [-0.4, -0.2) is 18.1 Å². The first-order valence-electron chi connectivity index (χ1n) is 5.92. The fourth-order valence-electron chi connectivity index (χ4n) is 2.52. The minimum atomic E-state index is 1.01. The van der Waals surface area contributed by atoms with E-state index in [2.05, 4.69) is 57.6 Å². The van der Waals surface area contributed by atoms with Gasteiger partial charge in [-0.1, -0.05) is 21.5 Å². The Morgan fingerprint density at radius 2 is 2.18 bits per heavy atom. The lowest BCUT2D eigenvalue weighted by Gasteiger charge is -2.18. The van der Waals surface area contributed by atoms with Gasteiger partial charge in [-0.25, -0.2) is 0 Å². The van der Waals surface area contributed by atoms with Crippen molar-refractivity contribution >= 4 is 32.4 Å². The molecule has 0 amide bonds. The van der Waals surface area contributed by atoms with Crippen LogP contribution in [0.25, 0.3) is 16.5 Å². The number of rotatable bonds is 1. The average Bonchev–Trinajstić information content (AvgIpc) is 2.72. The molecule has 2 N–H and O–H groups in total. The summed E-state index contributed by atoms with van der Waals surface area (Å²) in [4.78, 5) is 3.36. The second kappa shape index (κ2) is 4.31. The summed E-state index contributed by atoms with van der Waals surface area (Å²) in [6.45, 7) is 4.31. The molecule has 2 aromatic rings. The SMILES string of the molecule is CC1=C(c2c[nH]c3ccc(Br)cc23)CCNC1. The highest BCUT2D eigenvalue weighted by Gasteiger charge is 2.14. The summed E-state index contributed by atoms with van der Waals surface area (Å²) in [6.07, 6.45) is 3.26. The molecule has 0 unspecified atom stereocenters. The molecule has 1 aromatic carbocycles. The van der Waals surface area contributed by atoms with Crippen molar-refractivity contribution < 1.29 is 0 Å². The van der Waals surface area contributed by atoms with E-state index in [0.29, 0.717) is 0 Å². The molecule has 17 heavy (non-hydrogen) atoms. The van der Waals surface area contributed by atoms with Gasteiger partial charge in [-0.05, 0) is 43.7 Å². The molecule has 0 fully saturated rings. The standard InChI is InChI=1S/C14H15BrN2/c1-9-7-16-5-4-11(9)13-8-17-14-3-2-10(15)6-12(13)14/h2-3,6,8,16-17H,4-5,7H2,1H3. The summed E-state index contributed by atoms with van der Waals surface area (Å²) in [7, 11) is 0. The largest absolute Gasteiger partial charge is 0.361 e. The quantitative estimate of drug-likeness (QED) is 0.824. The maximum atomic E-state index is 3.55. The zero-order chi connectivity index (χ0) is 11.8. The molecule has 0 spiro atoms. The van der Waals surface area contributed by atoms with Crippen LogP contribution in [0.15, 0.2) is 34.4 Å². The van der Waals surface area contributed by atoms with E-state index < -0.39 is 0 Å². The van der Waals surface area contributed by atoms with Crippen LogP contribution in [0.4, 0.5) is 0 Å². The van der Waals surface area contributed by atoms with E-state index >= 15 is 0 Å². The van der Waals surface area contributed by atoms with E-state index in [4.69, 9.17) is 0 Å². The van der Waals surface area contributed by atoms with Gasteiger partial charge in [0, 0.05) is 33.7 Å². The van der Waals surface area contributed by atoms with Gasteiger partial charge in [0.05, 0.1) is 0 Å². The van der Waals surface area contributed by atoms with Crippen molar-refractivity contribution in [2.75, 3.05) is 13.1 Å². The van der Waals surface area contributed by atoms with E-state index in [1.807, 2.05) is 0 Å². The van der Waals surface area contributed by atoms with Gasteiger partial charge in [-0.15, -0.1) is 0 Å². The zero-order valence-corrected chi connectivity index (χ0v) is 11.4. The average molecular weight is 291 g/mol. The Morgan fingerprint density at radius 1 is 1.29 bits per heavy atom. The van der Waals surface area contributed by atoms with Crippen molar-refractivity contribution in [1.82, 2.24) is 10.3 Å². The molecule has 1 aliphatic heterocycles. The third-order valence-electron chi connectivity index (χ3n) is 3.43. The fraction of sp³-hybridized carbons (Fsp3) is 0.286. The number of hydrogen-bond acceptors (Lipinski definition) is 1. The molecule has 2 nitrogen and oxygen atoms in total. The van der Waals surface area contributed by atoms with Crippen LogP contribution in [-0.2, 0) is 0 Å². The van der Waals surface area contributed by atoms with Gasteiger partial charge in [0.1, 0.15) is 0 Å². The highest BCUT2D eigenvalue weighted by molar-refractivity contribution is 9.10. The molecule has 1 aromatic heterocycles. The Bertz CT molecular complexity index is 595. The van der Waals surface area contributed by atoms with E-state index in [1.54, 1.807) is 0 Å². The van der Waals surface area contributed by atoms with Gasteiger partial charge < -0.3 is 10.3 Å². The first-order chi connectivity index (χ1) is 8.25. The molecule has 0 aliphatic carbocycles. The third-order valence-corrected chi connectivity index (χ3v) is 3.92. The van der Waals surface area contributed by atoms with Gasteiger partial charge in [-0.3, -0.25) is 0 Å². The molecular formula is C14H15BrN2. The Kier molecular flexibility index (Phi) is 2.81. The fourth-order valence-corrected chi connectivity index (χ4v) is 2.88. The smallest absolute Gasteiger partial charge is 0.0461 e. The number of benzene rings is 1. The zero-order valence-electron chi connectivity index (χ0n) is 9.81. The number of aromatic nitrogens is 1. The van der Waals surface area contributed by atoms with E-state index in [0.717, 1.165) is 24.0 Å². The van der Waals surface area contributed by atoms with Crippen LogP contribution in [0.2, 0.25) is 0 Å². The molecule has 2 heterocycles. The molecule has 3 heteroatoms. The minimum Gasteiger partial charge on any atom is -0.361 e. The number of fused-ring (bicyclic) bond motifs is 1. The number of nitrogens with one attached hydrogen (secondary N) is 2. The predicted octanol–water partition coefficient (Wildman–Crippen LogP) is 3.70. The Balaban J connectivity index is 2.20. The summed E-state index contributed by atoms with van der Waals surface area (Å²) in [5.74, 6) is 0. The van der Waals surface area contributed by atoms with Crippen LogP contribution < -0.4 is 5.32 Å². The molecule has 0 bridgehead atoms. The summed E-state index contributed by atoms with van der Waals surface area (Å²) in [6, 6.07) is 6.40. The van der Waals surface area contributed by atoms with E-state index in [-0.39, 0.29) is 0 Å². The third kappa shape index (κ3) is 1.94. The summed E-state index contributed by atoms with van der Waals surface area (Å²) in [5, 5.41) is 4.72. The van der Waals surface area contributed by atoms with E-state index in [1.165, 1.54) is 27.6 Å². The highest BCUT2D eigenvalue weighted by Crippen LogP contribution is 2.32. The molecule has 0 radical (unpaired) electrons. The Morgan fingerprint density at radius 3 is 3.00 bits per heavy atom. The van der Waals surface area contributed by atoms with Gasteiger partial charge >= 0.3 is 0 Å². The van der Waals surface area contributed by atoms with Gasteiger partial charge in [-0.2, -0.15) is 0 Å². The molecule has 0 atom stereocenters. The topological polar surface area (TPSA) is 27.8 Å². The van der Waals surface area contributed by atoms with Crippen molar-refractivity contribution in [2.24, 2.45) is 0 Å². The maximum Gasteiger partial charge on any atom is 0.0461 e. The molecule has 88 valence electrons. The molecule has 1 aliphatic rings. The first kappa shape index (κ1) is 11.1. The predicted molar refractivity (Wildman–Crippen MR) is 76.1 cm³/mol. The summed E-state index contributed by atoms with van der Waals surface area (Å²) in [5.41, 5.74) is 5.52. The second-order valence-electron chi connectivity index (χ2n) is 4.58. The van der Waals surface area contributed by atoms with Crippen molar-refractivity contribution in [1.29, 1.82) is 0 Å². The van der Waals surface area contributed by atoms with Crippen molar-refractivity contribution in [3.8, 4) is 0 Å². The van der Waals surface area contributed by atoms with Crippen LogP contribution in [0.5, 0.6) is 0 Å².